The summed E-state index contributed by atoms with van der Waals surface area (Å²) in [6.45, 7) is 27.7. The maximum absolute atomic E-state index is 11.6. The normalized spacial score (nSPS) is 23.1. The number of esters is 1. The molecule has 14 nitrogen and oxygen atoms in total. The van der Waals surface area contributed by atoms with E-state index >= 15 is 0 Å². The number of anilines is 2. The third-order valence-corrected chi connectivity index (χ3v) is 17.0. The van der Waals surface area contributed by atoms with E-state index in [0.29, 0.717) is 60.7 Å². The molecule has 0 amide bonds. The molecular weight excluding hydrogens is 979 g/mol. The van der Waals surface area contributed by atoms with Crippen LogP contribution in [0.3, 0.4) is 0 Å². The van der Waals surface area contributed by atoms with Crippen LogP contribution in [0, 0.1) is 34.5 Å². The molecule has 0 bridgehead atoms. The Morgan fingerprint density at radius 2 is 1.07 bits per heavy atom. The summed E-state index contributed by atoms with van der Waals surface area (Å²) in [5.74, 6) is 4.12. The van der Waals surface area contributed by atoms with Crippen LogP contribution in [0.1, 0.15) is 153 Å². The van der Waals surface area contributed by atoms with Gasteiger partial charge in [-0.05, 0) is 176 Å². The fourth-order valence-corrected chi connectivity index (χ4v) is 11.1. The van der Waals surface area contributed by atoms with Gasteiger partial charge in [-0.1, -0.05) is 65.3 Å². The smallest absolute Gasteiger partial charge is 0.490 e. The largest absolute Gasteiger partial charge is 0.494 e. The monoisotopic (exact) mass is 1060 g/mol. The zero-order valence-electron chi connectivity index (χ0n) is 47.4. The van der Waals surface area contributed by atoms with E-state index in [0.717, 1.165) is 103 Å². The lowest BCUT2D eigenvalue weighted by Gasteiger charge is -2.37. The van der Waals surface area contributed by atoms with Crippen LogP contribution in [-0.4, -0.2) is 100 Å². The number of aliphatic carboxylic acids is 1. The number of carbonyl (C=O) groups is 2. The predicted molar refractivity (Wildman–Crippen MR) is 302 cm³/mol. The van der Waals surface area contributed by atoms with Gasteiger partial charge < -0.3 is 38.4 Å². The van der Waals surface area contributed by atoms with E-state index < -0.39 is 5.97 Å². The molecule has 2 aromatic heterocycles. The highest BCUT2D eigenvalue weighted by atomic mass is 35.5. The van der Waals surface area contributed by atoms with Crippen molar-refractivity contribution < 1.29 is 38.2 Å². The second-order valence-electron chi connectivity index (χ2n) is 24.7. The van der Waals surface area contributed by atoms with Crippen molar-refractivity contribution in [2.24, 2.45) is 34.5 Å². The van der Waals surface area contributed by atoms with Gasteiger partial charge >= 0.3 is 19.1 Å². The zero-order valence-corrected chi connectivity index (χ0v) is 48.1. The first-order chi connectivity index (χ1) is 36.0. The summed E-state index contributed by atoms with van der Waals surface area (Å²) in [6.07, 6.45) is 16.1. The van der Waals surface area contributed by atoms with Crippen LogP contribution in [0.15, 0.2) is 73.3 Å². The first-order valence-corrected chi connectivity index (χ1v) is 28.4. The molecule has 3 aliphatic heterocycles. The Bertz CT molecular complexity index is 2450. The minimum absolute atomic E-state index is 0.0125. The fourth-order valence-electron chi connectivity index (χ4n) is 11.0. The Morgan fingerprint density at radius 3 is 1.50 bits per heavy atom. The van der Waals surface area contributed by atoms with Crippen molar-refractivity contribution >= 4 is 47.8 Å². The number of hydrogen-bond acceptors (Lipinski definition) is 13. The summed E-state index contributed by atoms with van der Waals surface area (Å²) in [5.41, 5.74) is 3.12. The second kappa shape index (κ2) is 25.7. The molecule has 4 aromatic rings. The number of carbonyl (C=O) groups excluding carboxylic acids is 1. The number of nitrogens with zero attached hydrogens (tertiary/aromatic N) is 6. The number of piperidine rings is 2. The molecule has 9 rings (SSSR count). The van der Waals surface area contributed by atoms with E-state index in [9.17, 15) is 14.7 Å². The minimum atomic E-state index is -0.697. The van der Waals surface area contributed by atoms with Gasteiger partial charge in [0.2, 0.25) is 0 Å². The quantitative estimate of drug-likeness (QED) is 0.0859. The molecule has 2 aromatic carbocycles. The molecule has 2 saturated carbocycles. The molecule has 1 N–H and O–H groups in total. The third-order valence-electron chi connectivity index (χ3n) is 16.8. The SMILES string of the molecule is CC(C)(C)C1CCC(Oc2ccc(-c3cc(N4CCC(C(=O)O)CC4)ncn3)cc2)CC1.CC(C)(C)C1CCC(Oc2ccc(B3OC(C)(C)C(C)(C)O3)cc2)CC1.CCOC(=O)C1CCN(c2cc(Cl)ncn2)CC1. The molecular formula is C60H86BClN6O8. The Balaban J connectivity index is 0.000000173. The molecule has 0 atom stereocenters. The molecule has 16 heteroatoms. The van der Waals surface area contributed by atoms with E-state index in [1.165, 1.54) is 32.0 Å². The summed E-state index contributed by atoms with van der Waals surface area (Å²) in [5, 5.41) is 9.64. The maximum atomic E-state index is 11.6. The molecule has 0 unspecified atom stereocenters. The molecule has 0 spiro atoms. The minimum Gasteiger partial charge on any atom is -0.490 e. The van der Waals surface area contributed by atoms with Crippen molar-refractivity contribution in [1.82, 2.24) is 19.9 Å². The number of aromatic nitrogens is 4. The van der Waals surface area contributed by atoms with Gasteiger partial charge in [-0.15, -0.1) is 0 Å². The first-order valence-electron chi connectivity index (χ1n) is 28.1. The lowest BCUT2D eigenvalue weighted by Crippen LogP contribution is -2.41. The Labute approximate surface area is 458 Å². The van der Waals surface area contributed by atoms with E-state index in [1.807, 2.05) is 25.1 Å². The molecule has 0 radical (unpaired) electrons. The number of halogens is 1. The van der Waals surface area contributed by atoms with Crippen molar-refractivity contribution in [2.75, 3.05) is 42.6 Å². The topological polar surface area (TPSA) is 159 Å². The predicted octanol–water partition coefficient (Wildman–Crippen LogP) is 12.3. The van der Waals surface area contributed by atoms with E-state index in [4.69, 9.17) is 35.1 Å². The van der Waals surface area contributed by atoms with Crippen molar-refractivity contribution in [3.05, 3.63) is 78.5 Å². The van der Waals surface area contributed by atoms with Gasteiger partial charge in [0.05, 0.1) is 47.5 Å². The average Bonchev–Trinajstić information content (AvgIpc) is 3.63. The standard InChI is InChI=1S/C26H35N3O3.C22H35BO3.C12H16ClN3O2/c1-26(2,3)20-6-10-22(11-7-20)32-21-8-4-18(5-9-21)23-16-24(28-17-27-23)29-14-12-19(13-15-29)25(30)31;1-20(2,3)16-8-12-18(13-9-16)24-19-14-10-17(11-15-19)23-25-21(4,5)22(6,7)26-23;1-2-18-12(17)9-3-5-16(6-4-9)11-7-10(13)14-8-15-11/h4-5,8-9,16-17,19-20,22H,6-7,10-15H2,1-3H3,(H,30,31);10-11,14-16,18H,8-9,12-13H2,1-7H3;7-9H,2-6H2,1H3. The van der Waals surface area contributed by atoms with Crippen LogP contribution in [-0.2, 0) is 23.6 Å². The van der Waals surface area contributed by atoms with E-state index in [2.05, 4.69) is 135 Å². The summed E-state index contributed by atoms with van der Waals surface area (Å²) < 4.78 is 29.8. The number of carboxylic acid groups (broad SMARTS) is 1. The molecule has 3 saturated heterocycles. The highest BCUT2D eigenvalue weighted by Gasteiger charge is 2.51. The Hall–Kier alpha value is -4.99. The summed E-state index contributed by atoms with van der Waals surface area (Å²) in [7, 11) is -0.309. The summed E-state index contributed by atoms with van der Waals surface area (Å²) >= 11 is 5.83. The van der Waals surface area contributed by atoms with Crippen molar-refractivity contribution in [3.63, 3.8) is 0 Å². The van der Waals surface area contributed by atoms with Crippen LogP contribution >= 0.6 is 11.6 Å². The maximum Gasteiger partial charge on any atom is 0.494 e. The second-order valence-corrected chi connectivity index (χ2v) is 25.1. The van der Waals surface area contributed by atoms with Gasteiger partial charge in [0, 0.05) is 43.9 Å². The Morgan fingerprint density at radius 1 is 0.632 bits per heavy atom. The van der Waals surface area contributed by atoms with Gasteiger partial charge in [0.1, 0.15) is 40.9 Å². The van der Waals surface area contributed by atoms with Crippen molar-refractivity contribution in [1.29, 1.82) is 0 Å². The highest BCUT2D eigenvalue weighted by molar-refractivity contribution is 6.62. The number of hydrogen-bond donors (Lipinski definition) is 1. The van der Waals surface area contributed by atoms with Crippen LogP contribution in [0.4, 0.5) is 11.6 Å². The van der Waals surface area contributed by atoms with Crippen LogP contribution < -0.4 is 24.7 Å². The molecule has 76 heavy (non-hydrogen) atoms. The lowest BCUT2D eigenvalue weighted by atomic mass is 9.72. The van der Waals surface area contributed by atoms with E-state index in [1.54, 1.807) is 12.4 Å². The number of ether oxygens (including phenoxy) is 3. The fraction of sp³-hybridized carbons (Fsp3) is 0.633. The Kier molecular flexibility index (Phi) is 19.8. The lowest BCUT2D eigenvalue weighted by molar-refractivity contribution is -0.148. The van der Waals surface area contributed by atoms with E-state index in [-0.39, 0.29) is 36.1 Å². The van der Waals surface area contributed by atoms with Gasteiger partial charge in [-0.3, -0.25) is 9.59 Å². The summed E-state index contributed by atoms with van der Waals surface area (Å²) in [4.78, 5) is 44.0. The van der Waals surface area contributed by atoms with Crippen molar-refractivity contribution in [3.8, 4) is 22.8 Å². The molecule has 5 heterocycles. The molecule has 2 aliphatic carbocycles. The van der Waals surface area contributed by atoms with Crippen LogP contribution in [0.5, 0.6) is 11.5 Å². The third kappa shape index (κ3) is 16.1. The van der Waals surface area contributed by atoms with Gasteiger partial charge in [-0.25, -0.2) is 19.9 Å². The van der Waals surface area contributed by atoms with Gasteiger partial charge in [-0.2, -0.15) is 0 Å². The molecule has 414 valence electrons. The van der Waals surface area contributed by atoms with Gasteiger partial charge in [0.15, 0.2) is 0 Å². The molecule has 5 fully saturated rings. The highest BCUT2D eigenvalue weighted by Crippen LogP contribution is 2.41. The first kappa shape index (κ1) is 58.7. The number of carboxylic acids is 1. The van der Waals surface area contributed by atoms with Crippen molar-refractivity contribution in [2.45, 2.75) is 177 Å². The van der Waals surface area contributed by atoms with Crippen LogP contribution in [0.25, 0.3) is 11.3 Å². The zero-order chi connectivity index (χ0) is 54.8. The van der Waals surface area contributed by atoms with Gasteiger partial charge in [0.25, 0.3) is 0 Å². The number of rotatable bonds is 11. The average molecular weight is 1070 g/mol. The molecule has 5 aliphatic rings. The summed E-state index contributed by atoms with van der Waals surface area (Å²) in [6, 6.07) is 20.1. The van der Waals surface area contributed by atoms with Crippen LogP contribution in [0.2, 0.25) is 5.15 Å². The number of benzene rings is 2.